The average molecular weight is 386 g/mol. The lowest BCUT2D eigenvalue weighted by Gasteiger charge is -2.35. The van der Waals surface area contributed by atoms with Gasteiger partial charge < -0.3 is 16.0 Å². The number of rotatable bonds is 6. The highest BCUT2D eigenvalue weighted by Crippen LogP contribution is 2.39. The van der Waals surface area contributed by atoms with Gasteiger partial charge in [0.25, 0.3) is 5.91 Å². The fourth-order valence-corrected chi connectivity index (χ4v) is 4.10. The first-order chi connectivity index (χ1) is 13.3. The van der Waals surface area contributed by atoms with Gasteiger partial charge in [-0.15, -0.1) is 0 Å². The van der Waals surface area contributed by atoms with Crippen LogP contribution in [0.4, 0.5) is 4.79 Å². The topological polar surface area (TPSA) is 113 Å². The lowest BCUT2D eigenvalue weighted by molar-refractivity contribution is -0.137. The van der Waals surface area contributed by atoms with Crippen LogP contribution in [0.1, 0.15) is 48.0 Å². The molecular formula is C20H26N4O4. The minimum atomic E-state index is -0.773. The molecule has 1 saturated carbocycles. The summed E-state index contributed by atoms with van der Waals surface area (Å²) in [4.78, 5) is 51.5. The highest BCUT2D eigenvalue weighted by atomic mass is 16.2. The van der Waals surface area contributed by atoms with Gasteiger partial charge in [0.05, 0.1) is 0 Å². The quantitative estimate of drug-likeness (QED) is 0.711. The Hall–Kier alpha value is -2.90. The molecule has 1 spiro atoms. The number of carbonyl (C=O) groups is 4. The van der Waals surface area contributed by atoms with Gasteiger partial charge in [0.2, 0.25) is 11.8 Å². The number of likely N-dealkylation sites (N-methyl/N-ethyl adjacent to an activating group) is 1. The van der Waals surface area contributed by atoms with Crippen molar-refractivity contribution < 1.29 is 19.2 Å². The maximum Gasteiger partial charge on any atom is 0.327 e. The Kier molecular flexibility index (Phi) is 5.67. The third-order valence-corrected chi connectivity index (χ3v) is 5.73. The normalized spacial score (nSPS) is 18.6. The molecule has 0 unspecified atom stereocenters. The number of primary amides is 1. The van der Waals surface area contributed by atoms with Crippen LogP contribution >= 0.6 is 0 Å². The molecular weight excluding hydrogens is 360 g/mol. The van der Waals surface area contributed by atoms with Gasteiger partial charge in [-0.2, -0.15) is 0 Å². The van der Waals surface area contributed by atoms with Crippen LogP contribution in [0.2, 0.25) is 0 Å². The van der Waals surface area contributed by atoms with Crippen LogP contribution < -0.4 is 11.1 Å². The van der Waals surface area contributed by atoms with E-state index in [1.807, 2.05) is 6.07 Å². The zero-order chi connectivity index (χ0) is 20.3. The predicted octanol–water partition coefficient (Wildman–Crippen LogP) is 1.04. The molecule has 28 heavy (non-hydrogen) atoms. The Morgan fingerprint density at radius 3 is 2.57 bits per heavy atom. The summed E-state index contributed by atoms with van der Waals surface area (Å²) in [5.74, 6) is -1.14. The maximum atomic E-state index is 12.9. The Morgan fingerprint density at radius 1 is 1.18 bits per heavy atom. The van der Waals surface area contributed by atoms with Crippen molar-refractivity contribution in [2.75, 3.05) is 20.1 Å². The Balaban J connectivity index is 1.55. The fraction of sp³-hybridized carbons (Fsp3) is 0.500. The van der Waals surface area contributed by atoms with Gasteiger partial charge >= 0.3 is 6.03 Å². The van der Waals surface area contributed by atoms with E-state index in [-0.39, 0.29) is 18.4 Å². The van der Waals surface area contributed by atoms with Gasteiger partial charge in [-0.05, 0) is 37.0 Å². The zero-order valence-electron chi connectivity index (χ0n) is 16.1. The third kappa shape index (κ3) is 3.72. The summed E-state index contributed by atoms with van der Waals surface area (Å²) in [7, 11) is 1.65. The second kappa shape index (κ2) is 8.00. The Labute approximate surface area is 164 Å². The van der Waals surface area contributed by atoms with Crippen molar-refractivity contribution in [3.05, 3.63) is 35.4 Å². The second-order valence-electron chi connectivity index (χ2n) is 7.49. The monoisotopic (exact) mass is 386 g/mol. The molecule has 0 radical (unpaired) electrons. The first-order valence-corrected chi connectivity index (χ1v) is 9.60. The lowest BCUT2D eigenvalue weighted by Crippen LogP contribution is -2.49. The highest BCUT2D eigenvalue weighted by Gasteiger charge is 2.55. The summed E-state index contributed by atoms with van der Waals surface area (Å²) < 4.78 is 0. The number of hydrogen-bond donors (Lipinski definition) is 2. The Morgan fingerprint density at radius 2 is 1.89 bits per heavy atom. The molecule has 2 aliphatic rings. The van der Waals surface area contributed by atoms with E-state index in [0.717, 1.165) is 29.7 Å². The summed E-state index contributed by atoms with van der Waals surface area (Å²) in [6.45, 7) is 0.0589. The minimum Gasteiger partial charge on any atom is -0.366 e. The van der Waals surface area contributed by atoms with Crippen molar-refractivity contribution in [2.24, 2.45) is 5.73 Å². The Bertz CT molecular complexity index is 801. The number of urea groups is 1. The van der Waals surface area contributed by atoms with Crippen LogP contribution in [0.3, 0.4) is 0 Å². The molecule has 3 rings (SSSR count). The molecule has 0 atom stereocenters. The largest absolute Gasteiger partial charge is 0.366 e. The molecule has 1 aliphatic heterocycles. The number of carbonyl (C=O) groups excluding carboxylic acids is 4. The van der Waals surface area contributed by atoms with Crippen molar-refractivity contribution >= 4 is 23.8 Å². The zero-order valence-corrected chi connectivity index (χ0v) is 16.1. The van der Waals surface area contributed by atoms with Gasteiger partial charge in [0.1, 0.15) is 12.1 Å². The minimum absolute atomic E-state index is 0.260. The van der Waals surface area contributed by atoms with Crippen LogP contribution in [0.15, 0.2) is 24.3 Å². The molecule has 1 aromatic rings. The van der Waals surface area contributed by atoms with E-state index in [4.69, 9.17) is 5.73 Å². The average Bonchev–Trinajstić information content (AvgIpc) is 2.85. The molecule has 1 heterocycles. The predicted molar refractivity (Wildman–Crippen MR) is 102 cm³/mol. The van der Waals surface area contributed by atoms with Crippen LogP contribution in [0.25, 0.3) is 0 Å². The fourth-order valence-electron chi connectivity index (χ4n) is 4.10. The molecule has 2 fully saturated rings. The molecule has 1 saturated heterocycles. The smallest absolute Gasteiger partial charge is 0.327 e. The van der Waals surface area contributed by atoms with E-state index in [0.29, 0.717) is 31.4 Å². The molecule has 150 valence electrons. The van der Waals surface area contributed by atoms with Gasteiger partial charge in [-0.3, -0.25) is 19.3 Å². The van der Waals surface area contributed by atoms with Gasteiger partial charge in [-0.1, -0.05) is 31.4 Å². The van der Waals surface area contributed by atoms with Crippen molar-refractivity contribution in [2.45, 2.75) is 44.1 Å². The van der Waals surface area contributed by atoms with Crippen molar-refractivity contribution in [1.82, 2.24) is 15.1 Å². The number of benzene rings is 1. The van der Waals surface area contributed by atoms with E-state index in [2.05, 4.69) is 5.32 Å². The SMILES string of the molecule is CN1C(=O)N(CC(=O)NCCc2cccc(C(N)=O)c2)C(=O)C12CCCCC2. The summed E-state index contributed by atoms with van der Waals surface area (Å²) in [5, 5.41) is 2.73. The van der Waals surface area contributed by atoms with Gasteiger partial charge in [0.15, 0.2) is 0 Å². The van der Waals surface area contributed by atoms with Crippen LogP contribution in [-0.4, -0.2) is 59.2 Å². The molecule has 8 heteroatoms. The first kappa shape index (κ1) is 19.9. The van der Waals surface area contributed by atoms with Crippen molar-refractivity contribution in [3.8, 4) is 0 Å². The second-order valence-corrected chi connectivity index (χ2v) is 7.49. The number of nitrogens with two attached hydrogens (primary N) is 1. The maximum absolute atomic E-state index is 12.9. The molecule has 0 bridgehead atoms. The van der Waals surface area contributed by atoms with Gasteiger partial charge in [0, 0.05) is 19.2 Å². The number of amides is 5. The first-order valence-electron chi connectivity index (χ1n) is 9.60. The van der Waals surface area contributed by atoms with E-state index in [1.165, 1.54) is 4.90 Å². The van der Waals surface area contributed by atoms with E-state index in [9.17, 15) is 19.2 Å². The lowest BCUT2D eigenvalue weighted by atomic mass is 9.81. The van der Waals surface area contributed by atoms with Crippen molar-refractivity contribution in [3.63, 3.8) is 0 Å². The number of nitrogens with zero attached hydrogens (tertiary/aromatic N) is 2. The number of hydrogen-bond acceptors (Lipinski definition) is 4. The molecule has 1 aromatic carbocycles. The third-order valence-electron chi connectivity index (χ3n) is 5.73. The summed E-state index contributed by atoms with van der Waals surface area (Å²) >= 11 is 0. The van der Waals surface area contributed by atoms with E-state index in [1.54, 1.807) is 25.2 Å². The molecule has 1 aliphatic carbocycles. The summed E-state index contributed by atoms with van der Waals surface area (Å²) in [6.07, 6.45) is 4.71. The number of nitrogens with one attached hydrogen (secondary N) is 1. The molecule has 3 N–H and O–H groups in total. The molecule has 8 nitrogen and oxygen atoms in total. The van der Waals surface area contributed by atoms with Crippen LogP contribution in [0.5, 0.6) is 0 Å². The standard InChI is InChI=1S/C20H26N4O4/c1-23-19(28)24(18(27)20(23)9-3-2-4-10-20)13-16(25)22-11-8-14-6-5-7-15(12-14)17(21)26/h5-7,12H,2-4,8-11,13H2,1H3,(H2,21,26)(H,22,25). The van der Waals surface area contributed by atoms with E-state index >= 15 is 0 Å². The van der Waals surface area contributed by atoms with Crippen LogP contribution in [-0.2, 0) is 16.0 Å². The van der Waals surface area contributed by atoms with Gasteiger partial charge in [-0.25, -0.2) is 4.79 Å². The highest BCUT2D eigenvalue weighted by molar-refractivity contribution is 6.08. The van der Waals surface area contributed by atoms with E-state index < -0.39 is 17.5 Å². The summed E-state index contributed by atoms with van der Waals surface area (Å²) in [5.41, 5.74) is 5.77. The summed E-state index contributed by atoms with van der Waals surface area (Å²) in [6, 6.07) is 6.49. The number of imide groups is 1. The molecule has 0 aromatic heterocycles. The molecule has 5 amide bonds. The van der Waals surface area contributed by atoms with Crippen molar-refractivity contribution in [1.29, 1.82) is 0 Å². The van der Waals surface area contributed by atoms with Crippen LogP contribution in [0, 0.1) is 0 Å².